The van der Waals surface area contributed by atoms with Crippen molar-refractivity contribution in [3.8, 4) is 0 Å². The Bertz CT molecular complexity index is 1050. The van der Waals surface area contributed by atoms with Gasteiger partial charge < -0.3 is 4.42 Å². The quantitative estimate of drug-likeness (QED) is 0.485. The molecule has 0 atom stereocenters. The lowest BCUT2D eigenvalue weighted by Crippen LogP contribution is -2.28. The molecule has 1 aliphatic rings. The number of hydrogen-bond acceptors (Lipinski definition) is 4. The smallest absolute Gasteiger partial charge is 0.229 e. The summed E-state index contributed by atoms with van der Waals surface area (Å²) in [6, 6.07) is 11.3. The molecule has 1 aliphatic carbocycles. The Morgan fingerprint density at radius 2 is 1.55 bits per heavy atom. The molecule has 0 aliphatic heterocycles. The molecule has 0 unspecified atom stereocenters. The summed E-state index contributed by atoms with van der Waals surface area (Å²) in [4.78, 5) is 37.7. The fraction of sp³-hybridized carbons (Fsp3) is 0. The van der Waals surface area contributed by atoms with Crippen molar-refractivity contribution in [1.82, 2.24) is 0 Å². The molecule has 0 saturated heterocycles. The van der Waals surface area contributed by atoms with Gasteiger partial charge in [0.15, 0.2) is 5.76 Å². The van der Waals surface area contributed by atoms with Crippen LogP contribution >= 0.6 is 15.9 Å². The first kappa shape index (κ1) is 13.2. The van der Waals surface area contributed by atoms with Gasteiger partial charge >= 0.3 is 0 Å². The molecule has 0 saturated carbocycles. The molecule has 2 aromatic carbocycles. The highest BCUT2D eigenvalue weighted by molar-refractivity contribution is 9.10. The van der Waals surface area contributed by atoms with Crippen molar-refractivity contribution < 1.29 is 14.0 Å². The zero-order valence-electron chi connectivity index (χ0n) is 11.1. The van der Waals surface area contributed by atoms with Crippen LogP contribution in [0.25, 0.3) is 11.0 Å². The third kappa shape index (κ3) is 1.66. The second-order valence-corrected chi connectivity index (χ2v) is 5.90. The average molecular weight is 355 g/mol. The Hall–Kier alpha value is -2.53. The van der Waals surface area contributed by atoms with Crippen molar-refractivity contribution in [3.05, 3.63) is 79.6 Å². The van der Waals surface area contributed by atoms with Crippen LogP contribution in [0.5, 0.6) is 0 Å². The number of hydrogen-bond donors (Lipinski definition) is 0. The number of rotatable bonds is 0. The predicted molar refractivity (Wildman–Crippen MR) is 83.5 cm³/mol. The fourth-order valence-corrected chi connectivity index (χ4v) is 3.03. The van der Waals surface area contributed by atoms with E-state index in [2.05, 4.69) is 15.9 Å². The molecule has 4 rings (SSSR count). The SMILES string of the molecule is O=C1c2ccccc2C(=O)c2c1oc1ccc(Br)cc1c2=O. The first-order valence-corrected chi connectivity index (χ1v) is 7.32. The van der Waals surface area contributed by atoms with Gasteiger partial charge in [-0.25, -0.2) is 0 Å². The van der Waals surface area contributed by atoms with E-state index in [0.717, 1.165) is 0 Å². The van der Waals surface area contributed by atoms with E-state index in [9.17, 15) is 14.4 Å². The maximum absolute atomic E-state index is 12.6. The number of carbonyl (C=O) groups excluding carboxylic acids is 2. The maximum atomic E-state index is 12.6. The molecular weight excluding hydrogens is 348 g/mol. The number of carbonyl (C=O) groups is 2. The van der Waals surface area contributed by atoms with Crippen LogP contribution in [0.4, 0.5) is 0 Å². The second kappa shape index (κ2) is 4.48. The van der Waals surface area contributed by atoms with Gasteiger partial charge in [0, 0.05) is 15.6 Å². The van der Waals surface area contributed by atoms with Crippen molar-refractivity contribution in [1.29, 1.82) is 0 Å². The molecule has 3 aromatic rings. The maximum Gasteiger partial charge on any atom is 0.229 e. The molecule has 0 fully saturated rings. The number of fused-ring (bicyclic) bond motifs is 3. The lowest BCUT2D eigenvalue weighted by Gasteiger charge is -2.16. The number of ketones is 2. The minimum absolute atomic E-state index is 0.177. The molecule has 0 N–H and O–H groups in total. The summed E-state index contributed by atoms with van der Waals surface area (Å²) in [7, 11) is 0. The van der Waals surface area contributed by atoms with Gasteiger partial charge in [-0.15, -0.1) is 0 Å². The third-order valence-electron chi connectivity index (χ3n) is 3.70. The van der Waals surface area contributed by atoms with Gasteiger partial charge in [0.2, 0.25) is 17.0 Å². The van der Waals surface area contributed by atoms with Gasteiger partial charge in [0.05, 0.1) is 5.39 Å². The fourth-order valence-electron chi connectivity index (χ4n) is 2.67. The summed E-state index contributed by atoms with van der Waals surface area (Å²) in [5.74, 6) is -1.09. The van der Waals surface area contributed by atoms with Crippen LogP contribution in [-0.2, 0) is 0 Å². The van der Waals surface area contributed by atoms with Crippen molar-refractivity contribution in [3.63, 3.8) is 0 Å². The van der Waals surface area contributed by atoms with Gasteiger partial charge in [0.25, 0.3) is 0 Å². The van der Waals surface area contributed by atoms with Crippen LogP contribution in [0, 0.1) is 0 Å². The summed E-state index contributed by atoms with van der Waals surface area (Å²) in [5, 5.41) is 0.272. The van der Waals surface area contributed by atoms with Crippen LogP contribution < -0.4 is 5.43 Å². The van der Waals surface area contributed by atoms with Crippen LogP contribution in [0.3, 0.4) is 0 Å². The molecule has 0 bridgehead atoms. The highest BCUT2D eigenvalue weighted by Gasteiger charge is 2.34. The van der Waals surface area contributed by atoms with Crippen molar-refractivity contribution in [2.45, 2.75) is 0 Å². The Kier molecular flexibility index (Phi) is 2.68. The lowest BCUT2D eigenvalue weighted by molar-refractivity contribution is 0.0957. The Morgan fingerprint density at radius 1 is 0.864 bits per heavy atom. The van der Waals surface area contributed by atoms with Crippen molar-refractivity contribution in [2.24, 2.45) is 0 Å². The first-order valence-electron chi connectivity index (χ1n) is 6.52. The summed E-state index contributed by atoms with van der Waals surface area (Å²) in [6.07, 6.45) is 0. The molecule has 4 nitrogen and oxygen atoms in total. The Morgan fingerprint density at radius 3 is 2.27 bits per heavy atom. The zero-order chi connectivity index (χ0) is 15.4. The van der Waals surface area contributed by atoms with Crippen molar-refractivity contribution in [2.75, 3.05) is 0 Å². The molecular formula is C17H7BrO4. The monoisotopic (exact) mass is 354 g/mol. The van der Waals surface area contributed by atoms with Gasteiger partial charge in [-0.1, -0.05) is 40.2 Å². The first-order chi connectivity index (χ1) is 10.6. The standard InChI is InChI=1S/C17H7BrO4/c18-8-5-6-12-11(7-8)15(20)13-14(19)9-3-1-2-4-10(9)16(21)17(13)22-12/h1-7H. The Labute approximate surface area is 132 Å². The van der Waals surface area contributed by atoms with E-state index < -0.39 is 17.0 Å². The molecule has 106 valence electrons. The molecule has 0 amide bonds. The van der Waals surface area contributed by atoms with E-state index >= 15 is 0 Å². The molecule has 1 aromatic heterocycles. The normalized spacial score (nSPS) is 13.1. The van der Waals surface area contributed by atoms with Crippen LogP contribution in [0.1, 0.15) is 32.0 Å². The largest absolute Gasteiger partial charge is 0.452 e. The zero-order valence-corrected chi connectivity index (χ0v) is 12.6. The molecule has 0 spiro atoms. The highest BCUT2D eigenvalue weighted by atomic mass is 79.9. The minimum Gasteiger partial charge on any atom is -0.452 e. The van der Waals surface area contributed by atoms with Gasteiger partial charge in [-0.2, -0.15) is 0 Å². The van der Waals surface area contributed by atoms with E-state index in [1.807, 2.05) is 0 Å². The molecule has 1 heterocycles. The van der Waals surface area contributed by atoms with Gasteiger partial charge in [-0.05, 0) is 18.2 Å². The summed E-state index contributed by atoms with van der Waals surface area (Å²) < 4.78 is 6.26. The van der Waals surface area contributed by atoms with E-state index in [1.54, 1.807) is 42.5 Å². The number of halogens is 1. The summed E-state index contributed by atoms with van der Waals surface area (Å²) in [6.45, 7) is 0. The summed E-state index contributed by atoms with van der Waals surface area (Å²) >= 11 is 3.28. The van der Waals surface area contributed by atoms with E-state index in [-0.39, 0.29) is 33.4 Å². The van der Waals surface area contributed by atoms with E-state index in [1.165, 1.54) is 0 Å². The van der Waals surface area contributed by atoms with Gasteiger partial charge in [-0.3, -0.25) is 14.4 Å². The molecule has 22 heavy (non-hydrogen) atoms. The molecule has 0 radical (unpaired) electrons. The predicted octanol–water partition coefficient (Wildman–Crippen LogP) is 3.33. The molecule has 5 heteroatoms. The van der Waals surface area contributed by atoms with Crippen molar-refractivity contribution >= 4 is 38.5 Å². The average Bonchev–Trinajstić information content (AvgIpc) is 2.53. The summed E-state index contributed by atoms with van der Waals surface area (Å²) in [5.41, 5.74) is 0.119. The Balaban J connectivity index is 2.15. The highest BCUT2D eigenvalue weighted by Crippen LogP contribution is 2.28. The van der Waals surface area contributed by atoms with Crippen LogP contribution in [0.15, 0.2) is 56.1 Å². The lowest BCUT2D eigenvalue weighted by atomic mass is 9.87. The van der Waals surface area contributed by atoms with E-state index in [4.69, 9.17) is 4.42 Å². The van der Waals surface area contributed by atoms with E-state index in [0.29, 0.717) is 4.47 Å². The minimum atomic E-state index is -0.481. The number of benzene rings is 2. The van der Waals surface area contributed by atoms with Crippen LogP contribution in [-0.4, -0.2) is 11.6 Å². The third-order valence-corrected chi connectivity index (χ3v) is 4.20. The van der Waals surface area contributed by atoms with Crippen LogP contribution in [0.2, 0.25) is 0 Å². The topological polar surface area (TPSA) is 64.3 Å². The van der Waals surface area contributed by atoms with Gasteiger partial charge in [0.1, 0.15) is 11.1 Å². The second-order valence-electron chi connectivity index (χ2n) is 4.98.